The number of aromatic nitrogens is 2. The largest absolute Gasteiger partial charge is 0.375 e. The summed E-state index contributed by atoms with van der Waals surface area (Å²) >= 11 is 0. The molecule has 2 fully saturated rings. The van der Waals surface area contributed by atoms with Crippen molar-refractivity contribution in [3.63, 3.8) is 0 Å². The minimum atomic E-state index is 0.0565. The first-order valence-electron chi connectivity index (χ1n) is 8.74. The maximum Gasteiger partial charge on any atom is 0.242 e. The Morgan fingerprint density at radius 3 is 2.67 bits per heavy atom. The molecule has 0 bridgehead atoms. The second-order valence-corrected chi connectivity index (χ2v) is 6.76. The van der Waals surface area contributed by atoms with E-state index in [1.807, 2.05) is 46.0 Å². The minimum absolute atomic E-state index is 0.0565. The Kier molecular flexibility index (Phi) is 4.10. The fourth-order valence-electron chi connectivity index (χ4n) is 3.84. The van der Waals surface area contributed by atoms with Crippen LogP contribution in [0, 0.1) is 0 Å². The molecular formula is C19H23N3O2. The zero-order valence-electron chi connectivity index (χ0n) is 13.9. The summed E-state index contributed by atoms with van der Waals surface area (Å²) in [6, 6.07) is 10.00. The Morgan fingerprint density at radius 1 is 1.17 bits per heavy atom. The summed E-state index contributed by atoms with van der Waals surface area (Å²) in [6.45, 7) is 2.82. The van der Waals surface area contributed by atoms with Crippen LogP contribution in [0.3, 0.4) is 0 Å². The van der Waals surface area contributed by atoms with Crippen molar-refractivity contribution in [2.45, 2.75) is 37.8 Å². The number of ether oxygens (including phenoxy) is 1. The highest BCUT2D eigenvalue weighted by Crippen LogP contribution is 2.35. The van der Waals surface area contributed by atoms with Crippen LogP contribution in [-0.4, -0.2) is 45.7 Å². The van der Waals surface area contributed by atoms with Gasteiger partial charge in [-0.3, -0.25) is 4.79 Å². The monoisotopic (exact) mass is 325 g/mol. The lowest BCUT2D eigenvalue weighted by atomic mass is 9.88. The Bertz CT molecular complexity index is 694. The molecule has 0 unspecified atom stereocenters. The number of likely N-dealkylation sites (tertiary alicyclic amines) is 1. The van der Waals surface area contributed by atoms with Crippen LogP contribution in [0.25, 0.3) is 11.4 Å². The zero-order chi connectivity index (χ0) is 16.4. The van der Waals surface area contributed by atoms with Gasteiger partial charge in [-0.15, -0.1) is 0 Å². The van der Waals surface area contributed by atoms with Crippen LogP contribution in [0.2, 0.25) is 0 Å². The number of hydrogen-bond donors (Lipinski definition) is 0. The third-order valence-corrected chi connectivity index (χ3v) is 5.27. The van der Waals surface area contributed by atoms with Crippen LogP contribution in [0.4, 0.5) is 0 Å². The molecule has 2 aliphatic heterocycles. The number of carbonyl (C=O) groups excluding carboxylic acids is 1. The number of rotatable bonds is 3. The molecule has 1 aromatic heterocycles. The van der Waals surface area contributed by atoms with Crippen molar-refractivity contribution < 1.29 is 9.53 Å². The van der Waals surface area contributed by atoms with Gasteiger partial charge in [-0.25, -0.2) is 4.98 Å². The van der Waals surface area contributed by atoms with Gasteiger partial charge in [0.1, 0.15) is 12.4 Å². The first-order chi connectivity index (χ1) is 11.8. The van der Waals surface area contributed by atoms with Gasteiger partial charge in [0, 0.05) is 37.7 Å². The molecule has 0 N–H and O–H groups in total. The molecule has 0 atom stereocenters. The van der Waals surface area contributed by atoms with Crippen LogP contribution in [-0.2, 0) is 16.1 Å². The first-order valence-corrected chi connectivity index (χ1v) is 8.74. The van der Waals surface area contributed by atoms with Gasteiger partial charge in [-0.05, 0) is 25.7 Å². The third kappa shape index (κ3) is 2.96. The van der Waals surface area contributed by atoms with Crippen molar-refractivity contribution in [1.29, 1.82) is 0 Å². The summed E-state index contributed by atoms with van der Waals surface area (Å²) in [5.74, 6) is 1.01. The quantitative estimate of drug-likeness (QED) is 0.872. The third-order valence-electron chi connectivity index (χ3n) is 5.27. The Labute approximate surface area is 142 Å². The smallest absolute Gasteiger partial charge is 0.242 e. The van der Waals surface area contributed by atoms with Gasteiger partial charge in [0.15, 0.2) is 0 Å². The first kappa shape index (κ1) is 15.4. The summed E-state index contributed by atoms with van der Waals surface area (Å²) in [7, 11) is 0. The molecule has 1 amide bonds. The number of piperidine rings is 1. The fourth-order valence-corrected chi connectivity index (χ4v) is 3.84. The van der Waals surface area contributed by atoms with Crippen molar-refractivity contribution in [2.75, 3.05) is 19.7 Å². The van der Waals surface area contributed by atoms with Gasteiger partial charge in [0.25, 0.3) is 0 Å². The van der Waals surface area contributed by atoms with E-state index in [9.17, 15) is 4.79 Å². The molecule has 126 valence electrons. The number of nitrogens with zero attached hydrogens (tertiary/aromatic N) is 3. The Hall–Kier alpha value is -2.14. The number of imidazole rings is 1. The van der Waals surface area contributed by atoms with E-state index >= 15 is 0 Å². The highest BCUT2D eigenvalue weighted by molar-refractivity contribution is 5.77. The lowest BCUT2D eigenvalue weighted by Gasteiger charge is -2.38. The predicted octanol–water partition coefficient (Wildman–Crippen LogP) is 2.72. The molecule has 3 heterocycles. The highest BCUT2D eigenvalue weighted by Gasteiger charge is 2.39. The van der Waals surface area contributed by atoms with E-state index in [4.69, 9.17) is 4.74 Å². The molecule has 2 aliphatic rings. The number of carbonyl (C=O) groups is 1. The molecule has 5 heteroatoms. The van der Waals surface area contributed by atoms with Crippen LogP contribution in [0.5, 0.6) is 0 Å². The zero-order valence-corrected chi connectivity index (χ0v) is 13.9. The molecular weight excluding hydrogens is 302 g/mol. The van der Waals surface area contributed by atoms with Crippen molar-refractivity contribution in [3.05, 3.63) is 42.7 Å². The van der Waals surface area contributed by atoms with Gasteiger partial charge >= 0.3 is 0 Å². The molecule has 5 nitrogen and oxygen atoms in total. The number of benzene rings is 1. The van der Waals surface area contributed by atoms with E-state index in [2.05, 4.69) is 4.98 Å². The molecule has 1 aromatic carbocycles. The molecule has 0 saturated carbocycles. The minimum Gasteiger partial charge on any atom is -0.375 e. The van der Waals surface area contributed by atoms with Gasteiger partial charge in [-0.1, -0.05) is 30.3 Å². The lowest BCUT2D eigenvalue weighted by Crippen LogP contribution is -2.47. The summed E-state index contributed by atoms with van der Waals surface area (Å²) in [4.78, 5) is 19.1. The van der Waals surface area contributed by atoms with E-state index in [-0.39, 0.29) is 11.5 Å². The summed E-state index contributed by atoms with van der Waals surface area (Å²) in [5, 5.41) is 0. The molecule has 24 heavy (non-hydrogen) atoms. The molecule has 1 spiro atoms. The molecule has 0 aliphatic carbocycles. The van der Waals surface area contributed by atoms with Crippen molar-refractivity contribution in [2.24, 2.45) is 0 Å². The Balaban J connectivity index is 1.42. The van der Waals surface area contributed by atoms with Crippen molar-refractivity contribution in [3.8, 4) is 11.4 Å². The summed E-state index contributed by atoms with van der Waals surface area (Å²) in [5.41, 5.74) is 1.09. The van der Waals surface area contributed by atoms with Crippen LogP contribution in [0.15, 0.2) is 42.7 Å². The van der Waals surface area contributed by atoms with Crippen molar-refractivity contribution >= 4 is 5.91 Å². The fraction of sp³-hybridized carbons (Fsp3) is 0.474. The van der Waals surface area contributed by atoms with Gasteiger partial charge in [-0.2, -0.15) is 0 Å². The van der Waals surface area contributed by atoms with E-state index in [1.54, 1.807) is 6.20 Å². The van der Waals surface area contributed by atoms with Crippen molar-refractivity contribution in [1.82, 2.24) is 14.5 Å². The van der Waals surface area contributed by atoms with Crippen LogP contribution in [0.1, 0.15) is 25.7 Å². The van der Waals surface area contributed by atoms with E-state index < -0.39 is 0 Å². The van der Waals surface area contributed by atoms with Crippen LogP contribution >= 0.6 is 0 Å². The molecule has 0 radical (unpaired) electrons. The van der Waals surface area contributed by atoms with Gasteiger partial charge < -0.3 is 14.2 Å². The van der Waals surface area contributed by atoms with E-state index in [0.717, 1.165) is 56.8 Å². The average Bonchev–Trinajstić information content (AvgIpc) is 3.26. The van der Waals surface area contributed by atoms with Gasteiger partial charge in [0.2, 0.25) is 5.91 Å². The standard InChI is InChI=1S/C19H23N3O2/c23-17(21-11-8-19(9-12-21)7-4-14-24-19)15-22-13-10-20-18(22)16-5-2-1-3-6-16/h1-3,5-6,10,13H,4,7-9,11-12,14-15H2. The molecule has 2 aromatic rings. The summed E-state index contributed by atoms with van der Waals surface area (Å²) in [6.07, 6.45) is 7.87. The van der Waals surface area contributed by atoms with E-state index in [1.165, 1.54) is 0 Å². The Morgan fingerprint density at radius 2 is 1.96 bits per heavy atom. The lowest BCUT2D eigenvalue weighted by molar-refractivity contribution is -0.136. The predicted molar refractivity (Wildman–Crippen MR) is 91.4 cm³/mol. The second-order valence-electron chi connectivity index (χ2n) is 6.76. The maximum absolute atomic E-state index is 12.7. The number of hydrogen-bond acceptors (Lipinski definition) is 3. The highest BCUT2D eigenvalue weighted by atomic mass is 16.5. The van der Waals surface area contributed by atoms with Crippen LogP contribution < -0.4 is 0 Å². The second kappa shape index (κ2) is 6.40. The SMILES string of the molecule is O=C(Cn1ccnc1-c1ccccc1)N1CCC2(CCCO2)CC1. The normalized spacial score (nSPS) is 19.8. The number of amides is 1. The molecule has 2 saturated heterocycles. The maximum atomic E-state index is 12.7. The summed E-state index contributed by atoms with van der Waals surface area (Å²) < 4.78 is 7.88. The average molecular weight is 325 g/mol. The van der Waals surface area contributed by atoms with E-state index in [0.29, 0.717) is 6.54 Å². The topological polar surface area (TPSA) is 47.4 Å². The van der Waals surface area contributed by atoms with Gasteiger partial charge in [0.05, 0.1) is 5.60 Å². The molecule has 4 rings (SSSR count).